The SMILES string of the molecule is CCCn1ncc(Cl)c1C(O)c1ncn[nH]1. The Morgan fingerprint density at radius 2 is 2.44 bits per heavy atom. The van der Waals surface area contributed by atoms with Gasteiger partial charge in [0.1, 0.15) is 6.33 Å². The summed E-state index contributed by atoms with van der Waals surface area (Å²) in [6, 6.07) is 0. The second-order valence-corrected chi connectivity index (χ2v) is 3.78. The Bertz CT molecular complexity index is 452. The molecule has 0 fully saturated rings. The molecule has 0 bridgehead atoms. The highest BCUT2D eigenvalue weighted by atomic mass is 35.5. The van der Waals surface area contributed by atoms with E-state index in [2.05, 4.69) is 20.3 Å². The molecule has 1 unspecified atom stereocenters. The van der Waals surface area contributed by atoms with Crippen molar-refractivity contribution in [1.82, 2.24) is 25.0 Å². The molecule has 16 heavy (non-hydrogen) atoms. The smallest absolute Gasteiger partial charge is 0.159 e. The third kappa shape index (κ3) is 1.94. The molecule has 1 atom stereocenters. The van der Waals surface area contributed by atoms with Crippen LogP contribution in [0.2, 0.25) is 5.02 Å². The van der Waals surface area contributed by atoms with E-state index in [-0.39, 0.29) is 0 Å². The number of halogens is 1. The van der Waals surface area contributed by atoms with Crippen LogP contribution in [0, 0.1) is 0 Å². The lowest BCUT2D eigenvalue weighted by Gasteiger charge is -2.10. The molecular weight excluding hydrogens is 230 g/mol. The molecule has 0 spiro atoms. The van der Waals surface area contributed by atoms with Gasteiger partial charge >= 0.3 is 0 Å². The number of hydrogen-bond donors (Lipinski definition) is 2. The Morgan fingerprint density at radius 3 is 3.06 bits per heavy atom. The predicted molar refractivity (Wildman–Crippen MR) is 58.0 cm³/mol. The maximum absolute atomic E-state index is 10.1. The van der Waals surface area contributed by atoms with Gasteiger partial charge in [-0.05, 0) is 6.42 Å². The maximum Gasteiger partial charge on any atom is 0.159 e. The number of aliphatic hydroxyl groups is 1. The molecule has 2 aromatic rings. The summed E-state index contributed by atoms with van der Waals surface area (Å²) in [5, 5.41) is 20.9. The highest BCUT2D eigenvalue weighted by molar-refractivity contribution is 6.31. The molecule has 0 aliphatic carbocycles. The van der Waals surface area contributed by atoms with Crippen molar-refractivity contribution in [3.63, 3.8) is 0 Å². The summed E-state index contributed by atoms with van der Waals surface area (Å²) in [7, 11) is 0. The highest BCUT2D eigenvalue weighted by Crippen LogP contribution is 2.26. The second kappa shape index (κ2) is 4.63. The van der Waals surface area contributed by atoms with Crippen LogP contribution in [0.5, 0.6) is 0 Å². The molecule has 86 valence electrons. The average Bonchev–Trinajstić information content (AvgIpc) is 2.88. The van der Waals surface area contributed by atoms with Crippen LogP contribution in [0.3, 0.4) is 0 Å². The molecule has 2 aromatic heterocycles. The second-order valence-electron chi connectivity index (χ2n) is 3.37. The van der Waals surface area contributed by atoms with Gasteiger partial charge in [0, 0.05) is 6.54 Å². The number of nitrogens with one attached hydrogen (secondary N) is 1. The van der Waals surface area contributed by atoms with Crippen molar-refractivity contribution >= 4 is 11.6 Å². The maximum atomic E-state index is 10.1. The van der Waals surface area contributed by atoms with E-state index in [9.17, 15) is 5.11 Å². The van der Waals surface area contributed by atoms with Crippen LogP contribution < -0.4 is 0 Å². The summed E-state index contributed by atoms with van der Waals surface area (Å²) in [5.74, 6) is 0.361. The van der Waals surface area contributed by atoms with Crippen LogP contribution in [-0.2, 0) is 6.54 Å². The number of aliphatic hydroxyl groups excluding tert-OH is 1. The van der Waals surface area contributed by atoms with E-state index in [1.807, 2.05) is 6.92 Å². The fraction of sp³-hybridized carbons (Fsp3) is 0.444. The molecule has 2 rings (SSSR count). The summed E-state index contributed by atoms with van der Waals surface area (Å²) in [6.07, 6.45) is 2.84. The molecule has 7 heteroatoms. The lowest BCUT2D eigenvalue weighted by atomic mass is 10.2. The van der Waals surface area contributed by atoms with Gasteiger partial charge in [0.25, 0.3) is 0 Å². The first kappa shape index (κ1) is 11.1. The number of H-pyrrole nitrogens is 1. The zero-order valence-corrected chi connectivity index (χ0v) is 9.52. The van der Waals surface area contributed by atoms with Crippen molar-refractivity contribution in [1.29, 1.82) is 0 Å². The van der Waals surface area contributed by atoms with Crippen LogP contribution in [0.15, 0.2) is 12.5 Å². The van der Waals surface area contributed by atoms with Gasteiger partial charge in [-0.2, -0.15) is 10.2 Å². The molecular formula is C9H12ClN5O. The predicted octanol–water partition coefficient (Wildman–Crippen LogP) is 1.15. The molecule has 0 aliphatic heterocycles. The molecule has 6 nitrogen and oxygen atoms in total. The summed E-state index contributed by atoms with van der Waals surface area (Å²) in [6.45, 7) is 2.73. The van der Waals surface area contributed by atoms with Crippen molar-refractivity contribution in [3.05, 3.63) is 29.1 Å². The monoisotopic (exact) mass is 241 g/mol. The number of hydrogen-bond acceptors (Lipinski definition) is 4. The molecule has 0 radical (unpaired) electrons. The number of aromatic nitrogens is 5. The van der Waals surface area contributed by atoms with Crippen LogP contribution in [-0.4, -0.2) is 30.1 Å². The van der Waals surface area contributed by atoms with Crippen molar-refractivity contribution < 1.29 is 5.11 Å². The Morgan fingerprint density at radius 1 is 1.62 bits per heavy atom. The number of rotatable bonds is 4. The van der Waals surface area contributed by atoms with Crippen molar-refractivity contribution in [2.24, 2.45) is 0 Å². The zero-order chi connectivity index (χ0) is 11.5. The van der Waals surface area contributed by atoms with Crippen LogP contribution >= 0.6 is 11.6 Å². The summed E-state index contributed by atoms with van der Waals surface area (Å²) >= 11 is 5.99. The van der Waals surface area contributed by atoms with E-state index in [0.717, 1.165) is 6.42 Å². The van der Waals surface area contributed by atoms with Crippen LogP contribution in [0.25, 0.3) is 0 Å². The zero-order valence-electron chi connectivity index (χ0n) is 8.76. The van der Waals surface area contributed by atoms with Crippen molar-refractivity contribution in [2.45, 2.75) is 26.0 Å². The fourth-order valence-corrected chi connectivity index (χ4v) is 1.75. The average molecular weight is 242 g/mol. The van der Waals surface area contributed by atoms with Gasteiger partial charge in [0.2, 0.25) is 0 Å². The van der Waals surface area contributed by atoms with E-state index in [4.69, 9.17) is 11.6 Å². The third-order valence-corrected chi connectivity index (χ3v) is 2.51. The highest BCUT2D eigenvalue weighted by Gasteiger charge is 2.21. The summed E-state index contributed by atoms with van der Waals surface area (Å²) in [5.41, 5.74) is 0.542. The summed E-state index contributed by atoms with van der Waals surface area (Å²) < 4.78 is 1.68. The van der Waals surface area contributed by atoms with Crippen LogP contribution in [0.1, 0.15) is 31.0 Å². The molecule has 0 aliphatic rings. The van der Waals surface area contributed by atoms with Gasteiger partial charge in [0.05, 0.1) is 16.9 Å². The Balaban J connectivity index is 2.35. The molecule has 2 N–H and O–H groups in total. The number of aromatic amines is 1. The first-order valence-electron chi connectivity index (χ1n) is 4.98. The quantitative estimate of drug-likeness (QED) is 0.842. The third-order valence-electron chi connectivity index (χ3n) is 2.22. The van der Waals surface area contributed by atoms with Crippen LogP contribution in [0.4, 0.5) is 0 Å². The number of aryl methyl sites for hydroxylation is 1. The first-order valence-corrected chi connectivity index (χ1v) is 5.36. The Kier molecular flexibility index (Phi) is 3.21. The Hall–Kier alpha value is -1.40. The van der Waals surface area contributed by atoms with E-state index >= 15 is 0 Å². The van der Waals surface area contributed by atoms with E-state index in [0.29, 0.717) is 23.1 Å². The largest absolute Gasteiger partial charge is 0.379 e. The minimum atomic E-state index is -0.927. The van der Waals surface area contributed by atoms with Crippen molar-refractivity contribution in [3.8, 4) is 0 Å². The molecule has 2 heterocycles. The minimum Gasteiger partial charge on any atom is -0.379 e. The van der Waals surface area contributed by atoms with E-state index in [1.165, 1.54) is 12.5 Å². The first-order chi connectivity index (χ1) is 7.74. The van der Waals surface area contributed by atoms with Gasteiger partial charge in [-0.3, -0.25) is 9.78 Å². The number of nitrogens with zero attached hydrogens (tertiary/aromatic N) is 4. The lowest BCUT2D eigenvalue weighted by molar-refractivity contribution is 0.198. The minimum absolute atomic E-state index is 0.361. The Labute approximate surface area is 97.3 Å². The van der Waals surface area contributed by atoms with Gasteiger partial charge in [0.15, 0.2) is 11.9 Å². The molecule has 0 saturated heterocycles. The van der Waals surface area contributed by atoms with Crippen molar-refractivity contribution in [2.75, 3.05) is 0 Å². The summed E-state index contributed by atoms with van der Waals surface area (Å²) in [4.78, 5) is 3.90. The van der Waals surface area contributed by atoms with Gasteiger partial charge in [-0.15, -0.1) is 0 Å². The van der Waals surface area contributed by atoms with Gasteiger partial charge < -0.3 is 5.11 Å². The molecule has 0 saturated carbocycles. The normalized spacial score (nSPS) is 12.9. The van der Waals surface area contributed by atoms with E-state index in [1.54, 1.807) is 4.68 Å². The molecule has 0 amide bonds. The standard InChI is InChI=1S/C9H12ClN5O/c1-2-3-15-7(6(10)4-13-15)8(16)9-11-5-12-14-9/h4-5,8,16H,2-3H2,1H3,(H,11,12,14). The molecule has 0 aromatic carbocycles. The lowest BCUT2D eigenvalue weighted by Crippen LogP contribution is -2.11. The van der Waals surface area contributed by atoms with Gasteiger partial charge in [-0.1, -0.05) is 18.5 Å². The van der Waals surface area contributed by atoms with E-state index < -0.39 is 6.10 Å². The fourth-order valence-electron chi connectivity index (χ4n) is 1.51. The van der Waals surface area contributed by atoms with Gasteiger partial charge in [-0.25, -0.2) is 4.98 Å². The topological polar surface area (TPSA) is 79.6 Å².